The summed E-state index contributed by atoms with van der Waals surface area (Å²) in [7, 11) is -2.85. The van der Waals surface area contributed by atoms with Gasteiger partial charge in [0.1, 0.15) is 5.82 Å². The summed E-state index contributed by atoms with van der Waals surface area (Å²) in [5.41, 5.74) is 1.95. The van der Waals surface area contributed by atoms with E-state index in [-0.39, 0.29) is 11.8 Å². The van der Waals surface area contributed by atoms with Crippen molar-refractivity contribution in [1.29, 1.82) is 0 Å². The zero-order chi connectivity index (χ0) is 13.3. The highest BCUT2D eigenvalue weighted by molar-refractivity contribution is 7.91. The lowest BCUT2D eigenvalue weighted by Crippen LogP contribution is -2.39. The molecule has 0 amide bonds. The van der Waals surface area contributed by atoms with Gasteiger partial charge in [0.25, 0.3) is 0 Å². The minimum atomic E-state index is -2.85. The maximum absolute atomic E-state index is 11.5. The summed E-state index contributed by atoms with van der Waals surface area (Å²) in [4.78, 5) is 7.70. The molecule has 0 aliphatic carbocycles. The Kier molecular flexibility index (Phi) is 3.28. The molecule has 0 saturated carbocycles. The number of aromatic nitrogens is 2. The molecule has 2 N–H and O–H groups in total. The predicted octanol–water partition coefficient (Wildman–Crippen LogP) is 1.23. The number of hydrogen-bond acceptors (Lipinski definition) is 4. The molecule has 1 atom stereocenters. The average Bonchev–Trinajstić information content (AvgIpc) is 2.78. The number of hydrogen-bond donors (Lipinski definition) is 2. The molecule has 1 fully saturated rings. The minimum Gasteiger partial charge on any atom is -0.341 e. The zero-order valence-electron chi connectivity index (χ0n) is 10.6. The number of imidazole rings is 1. The van der Waals surface area contributed by atoms with Crippen molar-refractivity contribution in [3.63, 3.8) is 0 Å². The predicted molar refractivity (Wildman–Crippen MR) is 74.6 cm³/mol. The highest BCUT2D eigenvalue weighted by atomic mass is 32.2. The third kappa shape index (κ3) is 2.96. The van der Waals surface area contributed by atoms with Crippen LogP contribution in [0.1, 0.15) is 18.7 Å². The molecule has 1 aliphatic heterocycles. The van der Waals surface area contributed by atoms with E-state index in [4.69, 9.17) is 0 Å². The van der Waals surface area contributed by atoms with Gasteiger partial charge in [-0.2, -0.15) is 0 Å². The van der Waals surface area contributed by atoms with Crippen LogP contribution >= 0.6 is 0 Å². The number of para-hydroxylation sites is 2. The largest absolute Gasteiger partial charge is 0.341 e. The number of benzene rings is 1. The first kappa shape index (κ1) is 12.6. The molecular weight excluding hydrogens is 262 g/mol. The summed E-state index contributed by atoms with van der Waals surface area (Å²) in [6.07, 6.45) is 1.67. The molecule has 102 valence electrons. The number of nitrogens with zero attached hydrogens (tertiary/aromatic N) is 1. The number of nitrogens with one attached hydrogen (secondary N) is 2. The lowest BCUT2D eigenvalue weighted by molar-refractivity contribution is 0.475. The van der Waals surface area contributed by atoms with Crippen LogP contribution in [0.15, 0.2) is 24.3 Å². The maximum atomic E-state index is 11.5. The minimum absolute atomic E-state index is 0.0481. The molecule has 1 aromatic heterocycles. The molecule has 1 aliphatic rings. The van der Waals surface area contributed by atoms with Crippen molar-refractivity contribution < 1.29 is 8.42 Å². The summed E-state index contributed by atoms with van der Waals surface area (Å²) in [6, 6.07) is 7.91. The first-order valence-electron chi connectivity index (χ1n) is 6.50. The summed E-state index contributed by atoms with van der Waals surface area (Å²) in [5.74, 6) is 1.42. The summed E-state index contributed by atoms with van der Waals surface area (Å²) in [5, 5.41) is 3.28. The molecule has 0 bridgehead atoms. The van der Waals surface area contributed by atoms with Gasteiger partial charge in [0.15, 0.2) is 9.84 Å². The highest BCUT2D eigenvalue weighted by Crippen LogP contribution is 2.13. The molecule has 2 aromatic rings. The Hall–Kier alpha value is -1.40. The normalized spacial score (nSPS) is 22.6. The smallest absolute Gasteiger partial charge is 0.151 e. The van der Waals surface area contributed by atoms with Crippen LogP contribution in [-0.4, -0.2) is 35.9 Å². The second-order valence-corrected chi connectivity index (χ2v) is 7.26. The van der Waals surface area contributed by atoms with Crippen LogP contribution in [0.2, 0.25) is 0 Å². The van der Waals surface area contributed by atoms with Crippen molar-refractivity contribution in [2.24, 2.45) is 0 Å². The topological polar surface area (TPSA) is 74.8 Å². The standard InChI is InChI=1S/C13H17N3O2S/c17-19(18)7-3-4-10(9-19)14-8-13-15-11-5-1-2-6-12(11)16-13/h1-2,5-6,10,14H,3-4,7-9H2,(H,15,16). The Morgan fingerprint density at radius 3 is 3.00 bits per heavy atom. The molecule has 5 nitrogen and oxygen atoms in total. The van der Waals surface area contributed by atoms with Crippen molar-refractivity contribution in [1.82, 2.24) is 15.3 Å². The molecular formula is C13H17N3O2S. The average molecular weight is 279 g/mol. The second-order valence-electron chi connectivity index (χ2n) is 5.04. The Morgan fingerprint density at radius 1 is 1.37 bits per heavy atom. The Balaban J connectivity index is 1.65. The Morgan fingerprint density at radius 2 is 2.21 bits per heavy atom. The molecule has 1 unspecified atom stereocenters. The van der Waals surface area contributed by atoms with Gasteiger partial charge in [0.05, 0.1) is 29.1 Å². The number of rotatable bonds is 3. The lowest BCUT2D eigenvalue weighted by atomic mass is 10.2. The zero-order valence-corrected chi connectivity index (χ0v) is 11.4. The van der Waals surface area contributed by atoms with Gasteiger partial charge in [0, 0.05) is 6.04 Å². The van der Waals surface area contributed by atoms with Crippen molar-refractivity contribution in [2.45, 2.75) is 25.4 Å². The first-order chi connectivity index (χ1) is 9.12. The Labute approximate surface area is 112 Å². The fourth-order valence-electron chi connectivity index (χ4n) is 2.51. The van der Waals surface area contributed by atoms with Crippen LogP contribution in [0.3, 0.4) is 0 Å². The fraction of sp³-hybridized carbons (Fsp3) is 0.462. The molecule has 0 spiro atoms. The number of H-pyrrole nitrogens is 1. The molecule has 1 saturated heterocycles. The van der Waals surface area contributed by atoms with E-state index < -0.39 is 9.84 Å². The molecule has 19 heavy (non-hydrogen) atoms. The van der Waals surface area contributed by atoms with Gasteiger partial charge in [-0.3, -0.25) is 0 Å². The van der Waals surface area contributed by atoms with Crippen LogP contribution < -0.4 is 5.32 Å². The third-order valence-corrected chi connectivity index (χ3v) is 5.28. The molecule has 2 heterocycles. The summed E-state index contributed by atoms with van der Waals surface area (Å²) < 4.78 is 23.1. The van der Waals surface area contributed by atoms with Crippen LogP contribution in [-0.2, 0) is 16.4 Å². The highest BCUT2D eigenvalue weighted by Gasteiger charge is 2.24. The number of fused-ring (bicyclic) bond motifs is 1. The van der Waals surface area contributed by atoms with E-state index in [1.807, 2.05) is 24.3 Å². The van der Waals surface area contributed by atoms with Gasteiger partial charge >= 0.3 is 0 Å². The second kappa shape index (κ2) is 4.94. The number of aromatic amines is 1. The van der Waals surface area contributed by atoms with Crippen molar-refractivity contribution in [3.05, 3.63) is 30.1 Å². The van der Waals surface area contributed by atoms with E-state index in [2.05, 4.69) is 15.3 Å². The van der Waals surface area contributed by atoms with Crippen molar-refractivity contribution >= 4 is 20.9 Å². The van der Waals surface area contributed by atoms with Crippen LogP contribution in [0, 0.1) is 0 Å². The van der Waals surface area contributed by atoms with Crippen molar-refractivity contribution in [3.8, 4) is 0 Å². The SMILES string of the molecule is O=S1(=O)CCCC(NCc2nc3ccccc3[nH]2)C1. The van der Waals surface area contributed by atoms with E-state index in [9.17, 15) is 8.42 Å². The Bertz CT molecular complexity index is 645. The van der Waals surface area contributed by atoms with E-state index >= 15 is 0 Å². The van der Waals surface area contributed by atoms with Gasteiger partial charge < -0.3 is 10.3 Å². The van der Waals surface area contributed by atoms with Gasteiger partial charge in [0.2, 0.25) is 0 Å². The van der Waals surface area contributed by atoms with E-state index in [0.717, 1.165) is 29.7 Å². The van der Waals surface area contributed by atoms with Gasteiger partial charge in [-0.15, -0.1) is 0 Å². The van der Waals surface area contributed by atoms with Gasteiger partial charge in [-0.25, -0.2) is 13.4 Å². The van der Waals surface area contributed by atoms with E-state index in [0.29, 0.717) is 12.3 Å². The molecule has 6 heteroatoms. The first-order valence-corrected chi connectivity index (χ1v) is 8.32. The third-order valence-electron chi connectivity index (χ3n) is 3.46. The molecule has 1 aromatic carbocycles. The lowest BCUT2D eigenvalue weighted by Gasteiger charge is -2.22. The van der Waals surface area contributed by atoms with E-state index in [1.54, 1.807) is 0 Å². The maximum Gasteiger partial charge on any atom is 0.151 e. The van der Waals surface area contributed by atoms with Crippen LogP contribution in [0.25, 0.3) is 11.0 Å². The fourth-order valence-corrected chi connectivity index (χ4v) is 4.18. The summed E-state index contributed by atoms with van der Waals surface area (Å²) in [6.45, 7) is 0.578. The van der Waals surface area contributed by atoms with E-state index in [1.165, 1.54) is 0 Å². The monoisotopic (exact) mass is 279 g/mol. The summed E-state index contributed by atoms with van der Waals surface area (Å²) >= 11 is 0. The van der Waals surface area contributed by atoms with Crippen LogP contribution in [0.4, 0.5) is 0 Å². The van der Waals surface area contributed by atoms with Crippen molar-refractivity contribution in [2.75, 3.05) is 11.5 Å². The number of sulfone groups is 1. The van der Waals surface area contributed by atoms with Crippen LogP contribution in [0.5, 0.6) is 0 Å². The van der Waals surface area contributed by atoms with Gasteiger partial charge in [-0.05, 0) is 25.0 Å². The van der Waals surface area contributed by atoms with Gasteiger partial charge in [-0.1, -0.05) is 12.1 Å². The molecule has 3 rings (SSSR count). The molecule has 0 radical (unpaired) electrons. The quantitative estimate of drug-likeness (QED) is 0.886.